The average Bonchev–Trinajstić information content (AvgIpc) is 3.31. The SMILES string of the molecule is CCOc1cccc2sc(N3CCN(C(=O)C(c4ccccc4)c4ccccc4)CC3)nc12. The number of benzene rings is 3. The number of carbonyl (C=O) groups is 1. The number of ether oxygens (including phenoxy) is 1. The van der Waals surface area contributed by atoms with Crippen molar-refractivity contribution < 1.29 is 9.53 Å². The molecule has 5 nitrogen and oxygen atoms in total. The second-order valence-corrected chi connectivity index (χ2v) is 9.11. The van der Waals surface area contributed by atoms with Gasteiger partial charge in [-0.15, -0.1) is 0 Å². The van der Waals surface area contributed by atoms with Crippen LogP contribution in [0, 0.1) is 0 Å². The lowest BCUT2D eigenvalue weighted by molar-refractivity contribution is -0.132. The molecule has 1 saturated heterocycles. The lowest BCUT2D eigenvalue weighted by atomic mass is 9.90. The Labute approximate surface area is 198 Å². The molecular weight excluding hydrogens is 430 g/mol. The van der Waals surface area contributed by atoms with Crippen LogP contribution in [0.3, 0.4) is 0 Å². The fraction of sp³-hybridized carbons (Fsp3) is 0.259. The van der Waals surface area contributed by atoms with Gasteiger partial charge in [-0.2, -0.15) is 0 Å². The second-order valence-electron chi connectivity index (χ2n) is 8.10. The van der Waals surface area contributed by atoms with Crippen LogP contribution in [-0.2, 0) is 4.79 Å². The molecule has 6 heteroatoms. The molecule has 0 spiro atoms. The third-order valence-corrected chi connectivity index (χ3v) is 7.13. The number of para-hydroxylation sites is 1. The van der Waals surface area contributed by atoms with Crippen LogP contribution in [0.5, 0.6) is 5.75 Å². The molecule has 168 valence electrons. The van der Waals surface area contributed by atoms with Crippen LogP contribution in [0.15, 0.2) is 78.9 Å². The van der Waals surface area contributed by atoms with Gasteiger partial charge < -0.3 is 14.5 Å². The first-order valence-electron chi connectivity index (χ1n) is 11.4. The van der Waals surface area contributed by atoms with Gasteiger partial charge in [0.15, 0.2) is 5.13 Å². The minimum atomic E-state index is -0.282. The van der Waals surface area contributed by atoms with Gasteiger partial charge in [0.25, 0.3) is 0 Å². The van der Waals surface area contributed by atoms with Crippen molar-refractivity contribution in [2.75, 3.05) is 37.7 Å². The predicted octanol–water partition coefficient (Wildman–Crippen LogP) is 5.18. The minimum absolute atomic E-state index is 0.162. The number of hydrogen-bond donors (Lipinski definition) is 0. The number of anilines is 1. The molecule has 0 unspecified atom stereocenters. The van der Waals surface area contributed by atoms with E-state index in [9.17, 15) is 4.79 Å². The highest BCUT2D eigenvalue weighted by Crippen LogP contribution is 2.35. The van der Waals surface area contributed by atoms with Gasteiger partial charge in [-0.25, -0.2) is 4.98 Å². The van der Waals surface area contributed by atoms with Crippen molar-refractivity contribution in [3.05, 3.63) is 90.0 Å². The smallest absolute Gasteiger partial charge is 0.234 e. The van der Waals surface area contributed by atoms with Crippen molar-refractivity contribution >= 4 is 32.6 Å². The Bertz CT molecular complexity index is 1180. The number of nitrogens with zero attached hydrogens (tertiary/aromatic N) is 3. The van der Waals surface area contributed by atoms with Crippen molar-refractivity contribution in [1.82, 2.24) is 9.88 Å². The number of rotatable bonds is 6. The first-order valence-corrected chi connectivity index (χ1v) is 12.2. The Morgan fingerprint density at radius 1 is 0.909 bits per heavy atom. The first-order chi connectivity index (χ1) is 16.2. The van der Waals surface area contributed by atoms with Crippen LogP contribution in [-0.4, -0.2) is 48.6 Å². The molecule has 0 aliphatic carbocycles. The summed E-state index contributed by atoms with van der Waals surface area (Å²) < 4.78 is 6.88. The third-order valence-electron chi connectivity index (χ3n) is 6.05. The van der Waals surface area contributed by atoms with E-state index in [1.807, 2.05) is 84.6 Å². The Kier molecular flexibility index (Phi) is 6.26. The summed E-state index contributed by atoms with van der Waals surface area (Å²) in [5.41, 5.74) is 2.99. The first kappa shape index (κ1) is 21.5. The molecule has 0 radical (unpaired) electrons. The number of carbonyl (C=O) groups excluding carboxylic acids is 1. The van der Waals surface area contributed by atoms with Crippen LogP contribution in [0.25, 0.3) is 10.2 Å². The molecule has 1 aliphatic rings. The normalized spacial score (nSPS) is 14.1. The predicted molar refractivity (Wildman–Crippen MR) is 134 cm³/mol. The highest BCUT2D eigenvalue weighted by Gasteiger charge is 2.30. The quantitative estimate of drug-likeness (QED) is 0.400. The maximum absolute atomic E-state index is 13.7. The number of thiazole rings is 1. The summed E-state index contributed by atoms with van der Waals surface area (Å²) in [4.78, 5) is 22.8. The molecule has 1 aromatic heterocycles. The van der Waals surface area contributed by atoms with E-state index in [4.69, 9.17) is 9.72 Å². The molecule has 33 heavy (non-hydrogen) atoms. The summed E-state index contributed by atoms with van der Waals surface area (Å²) in [6.45, 7) is 5.52. The van der Waals surface area contributed by atoms with Crippen molar-refractivity contribution in [2.24, 2.45) is 0 Å². The van der Waals surface area contributed by atoms with E-state index in [0.717, 1.165) is 45.3 Å². The summed E-state index contributed by atoms with van der Waals surface area (Å²) in [7, 11) is 0. The van der Waals surface area contributed by atoms with Crippen LogP contribution < -0.4 is 9.64 Å². The fourth-order valence-electron chi connectivity index (χ4n) is 4.39. The third kappa shape index (κ3) is 4.44. The monoisotopic (exact) mass is 457 g/mol. The number of amides is 1. The molecule has 1 amide bonds. The Hall–Kier alpha value is -3.38. The topological polar surface area (TPSA) is 45.7 Å². The van der Waals surface area contributed by atoms with Crippen molar-refractivity contribution in [2.45, 2.75) is 12.8 Å². The largest absolute Gasteiger partial charge is 0.492 e. The summed E-state index contributed by atoms with van der Waals surface area (Å²) in [5, 5.41) is 0.993. The lowest BCUT2D eigenvalue weighted by Crippen LogP contribution is -2.50. The lowest BCUT2D eigenvalue weighted by Gasteiger charge is -2.36. The Morgan fingerprint density at radius 2 is 1.55 bits per heavy atom. The minimum Gasteiger partial charge on any atom is -0.492 e. The number of fused-ring (bicyclic) bond motifs is 1. The van der Waals surface area contributed by atoms with E-state index in [-0.39, 0.29) is 11.8 Å². The van der Waals surface area contributed by atoms with Gasteiger partial charge in [-0.05, 0) is 30.2 Å². The van der Waals surface area contributed by atoms with Crippen LogP contribution in [0.4, 0.5) is 5.13 Å². The van der Waals surface area contributed by atoms with E-state index >= 15 is 0 Å². The van der Waals surface area contributed by atoms with Gasteiger partial charge in [-0.1, -0.05) is 78.1 Å². The number of piperazine rings is 1. The van der Waals surface area contributed by atoms with Crippen molar-refractivity contribution in [3.63, 3.8) is 0 Å². The maximum Gasteiger partial charge on any atom is 0.234 e. The number of hydrogen-bond acceptors (Lipinski definition) is 5. The average molecular weight is 458 g/mol. The van der Waals surface area contributed by atoms with Crippen LogP contribution in [0.1, 0.15) is 24.0 Å². The van der Waals surface area contributed by atoms with Gasteiger partial charge >= 0.3 is 0 Å². The van der Waals surface area contributed by atoms with E-state index in [1.165, 1.54) is 0 Å². The van der Waals surface area contributed by atoms with Crippen LogP contribution in [0.2, 0.25) is 0 Å². The molecule has 0 atom stereocenters. The van der Waals surface area contributed by atoms with Gasteiger partial charge in [0, 0.05) is 26.2 Å². The Balaban J connectivity index is 1.33. The van der Waals surface area contributed by atoms with Crippen LogP contribution >= 0.6 is 11.3 Å². The molecular formula is C27H27N3O2S. The fourth-order valence-corrected chi connectivity index (χ4v) is 5.42. The zero-order chi connectivity index (χ0) is 22.6. The molecule has 2 heterocycles. The maximum atomic E-state index is 13.7. The molecule has 1 fully saturated rings. The second kappa shape index (κ2) is 9.63. The van der Waals surface area contributed by atoms with Gasteiger partial charge in [-0.3, -0.25) is 4.79 Å². The summed E-state index contributed by atoms with van der Waals surface area (Å²) in [6, 6.07) is 26.2. The summed E-state index contributed by atoms with van der Waals surface area (Å²) in [6.07, 6.45) is 0. The van der Waals surface area contributed by atoms with Gasteiger partial charge in [0.05, 0.1) is 17.2 Å². The number of aromatic nitrogens is 1. The molecule has 4 aromatic rings. The summed E-state index contributed by atoms with van der Waals surface area (Å²) in [5.74, 6) is 0.713. The van der Waals surface area contributed by atoms with E-state index in [0.29, 0.717) is 19.7 Å². The molecule has 0 saturated carbocycles. The van der Waals surface area contributed by atoms with Crippen molar-refractivity contribution in [3.8, 4) is 5.75 Å². The zero-order valence-corrected chi connectivity index (χ0v) is 19.5. The molecule has 0 bridgehead atoms. The van der Waals surface area contributed by atoms with E-state index in [1.54, 1.807) is 11.3 Å². The van der Waals surface area contributed by atoms with Crippen molar-refractivity contribution in [1.29, 1.82) is 0 Å². The van der Waals surface area contributed by atoms with Gasteiger partial charge in [0.2, 0.25) is 5.91 Å². The molecule has 3 aromatic carbocycles. The van der Waals surface area contributed by atoms with E-state index < -0.39 is 0 Å². The van der Waals surface area contributed by atoms with E-state index in [2.05, 4.69) is 11.0 Å². The molecule has 1 aliphatic heterocycles. The highest BCUT2D eigenvalue weighted by molar-refractivity contribution is 7.22. The molecule has 0 N–H and O–H groups in total. The standard InChI is InChI=1S/C27H27N3O2S/c1-2-32-22-14-9-15-23-25(22)28-27(33-23)30-18-16-29(17-19-30)26(31)24(20-10-5-3-6-11-20)21-12-7-4-8-13-21/h3-15,24H,2,16-19H2,1H3. The zero-order valence-electron chi connectivity index (χ0n) is 18.7. The Morgan fingerprint density at radius 3 is 2.15 bits per heavy atom. The molecule has 5 rings (SSSR count). The van der Waals surface area contributed by atoms with Gasteiger partial charge in [0.1, 0.15) is 11.3 Å². The summed E-state index contributed by atoms with van der Waals surface area (Å²) >= 11 is 1.68. The highest BCUT2D eigenvalue weighted by atomic mass is 32.1.